The maximum Gasteiger partial charge on any atom is 0.211 e. The van der Waals surface area contributed by atoms with Gasteiger partial charge in [-0.1, -0.05) is 0 Å². The molecule has 0 aliphatic carbocycles. The molecule has 0 bridgehead atoms. The highest BCUT2D eigenvalue weighted by molar-refractivity contribution is 9.10. The summed E-state index contributed by atoms with van der Waals surface area (Å²) in [5, 5.41) is 9.44. The fourth-order valence-corrected chi connectivity index (χ4v) is 1.88. The van der Waals surface area contributed by atoms with Gasteiger partial charge >= 0.3 is 0 Å². The summed E-state index contributed by atoms with van der Waals surface area (Å²) in [6.45, 7) is 0. The van der Waals surface area contributed by atoms with Gasteiger partial charge in [0, 0.05) is 12.6 Å². The van der Waals surface area contributed by atoms with Gasteiger partial charge in [-0.2, -0.15) is 0 Å². The van der Waals surface area contributed by atoms with Crippen molar-refractivity contribution in [3.05, 3.63) is 28.9 Å². The summed E-state index contributed by atoms with van der Waals surface area (Å²) < 4.78 is 7.71. The summed E-state index contributed by atoms with van der Waals surface area (Å²) in [7, 11) is 3.37. The van der Waals surface area contributed by atoms with Gasteiger partial charge in [-0.05, 0) is 34.1 Å². The van der Waals surface area contributed by atoms with E-state index in [0.29, 0.717) is 5.82 Å². The number of halogens is 1. The summed E-state index contributed by atoms with van der Waals surface area (Å²) in [5.74, 6) is 1.57. The highest BCUT2D eigenvalue weighted by atomic mass is 79.9. The van der Waals surface area contributed by atoms with Crippen LogP contribution in [0, 0.1) is 0 Å². The van der Waals surface area contributed by atoms with Gasteiger partial charge < -0.3 is 9.84 Å². The molecular formula is C11H11BrN2O2. The van der Waals surface area contributed by atoms with E-state index in [9.17, 15) is 5.11 Å². The Morgan fingerprint density at radius 2 is 2.19 bits per heavy atom. The van der Waals surface area contributed by atoms with Crippen LogP contribution in [0.1, 0.15) is 0 Å². The van der Waals surface area contributed by atoms with Crippen LogP contribution in [0.15, 0.2) is 28.9 Å². The largest absolute Gasteiger partial charge is 0.496 e. The van der Waals surface area contributed by atoms with E-state index in [1.807, 2.05) is 18.2 Å². The van der Waals surface area contributed by atoms with Crippen LogP contribution in [-0.2, 0) is 7.05 Å². The molecule has 0 amide bonds. The lowest BCUT2D eigenvalue weighted by Crippen LogP contribution is -1.93. The van der Waals surface area contributed by atoms with Crippen molar-refractivity contribution in [3.8, 4) is 23.0 Å². The van der Waals surface area contributed by atoms with Gasteiger partial charge in [0.05, 0.1) is 17.8 Å². The molecule has 5 heteroatoms. The van der Waals surface area contributed by atoms with Crippen molar-refractivity contribution in [2.24, 2.45) is 7.05 Å². The number of aromatic hydroxyl groups is 1. The lowest BCUT2D eigenvalue weighted by Gasteiger charge is -2.06. The Morgan fingerprint density at radius 3 is 2.75 bits per heavy atom. The first-order valence-corrected chi connectivity index (χ1v) is 5.47. The fourth-order valence-electron chi connectivity index (χ4n) is 1.47. The maximum absolute atomic E-state index is 9.44. The van der Waals surface area contributed by atoms with E-state index in [-0.39, 0.29) is 5.88 Å². The van der Waals surface area contributed by atoms with Crippen LogP contribution in [0.3, 0.4) is 0 Å². The zero-order chi connectivity index (χ0) is 11.7. The first-order chi connectivity index (χ1) is 7.63. The SMILES string of the molecule is COc1cc(-c2ncc(O)n2C)ccc1Br. The lowest BCUT2D eigenvalue weighted by molar-refractivity contribution is 0.412. The number of ether oxygens (including phenoxy) is 1. The van der Waals surface area contributed by atoms with Gasteiger partial charge in [0.2, 0.25) is 5.88 Å². The number of methoxy groups -OCH3 is 1. The minimum absolute atomic E-state index is 0.136. The van der Waals surface area contributed by atoms with E-state index < -0.39 is 0 Å². The molecule has 0 aliphatic rings. The molecule has 0 radical (unpaired) electrons. The molecule has 1 aromatic heterocycles. The zero-order valence-corrected chi connectivity index (χ0v) is 10.5. The standard InChI is InChI=1S/C11H11BrN2O2/c1-14-10(15)6-13-11(14)7-3-4-8(12)9(5-7)16-2/h3-6,15H,1-2H3. The number of imidazole rings is 1. The number of hydrogen-bond donors (Lipinski definition) is 1. The van der Waals surface area contributed by atoms with Gasteiger partial charge in [-0.15, -0.1) is 0 Å². The van der Waals surface area contributed by atoms with Crippen LogP contribution in [0.4, 0.5) is 0 Å². The molecule has 0 saturated heterocycles. The van der Waals surface area contributed by atoms with Crippen molar-refractivity contribution in [1.82, 2.24) is 9.55 Å². The molecule has 16 heavy (non-hydrogen) atoms. The Bertz CT molecular complexity index is 523. The van der Waals surface area contributed by atoms with Crippen molar-refractivity contribution >= 4 is 15.9 Å². The molecule has 0 atom stereocenters. The van der Waals surface area contributed by atoms with E-state index in [2.05, 4.69) is 20.9 Å². The normalized spacial score (nSPS) is 10.4. The smallest absolute Gasteiger partial charge is 0.211 e. The van der Waals surface area contributed by atoms with Gasteiger partial charge in [0.1, 0.15) is 11.6 Å². The van der Waals surface area contributed by atoms with Crippen molar-refractivity contribution in [3.63, 3.8) is 0 Å². The van der Waals surface area contributed by atoms with Gasteiger partial charge in [0.15, 0.2) is 0 Å². The van der Waals surface area contributed by atoms with E-state index >= 15 is 0 Å². The van der Waals surface area contributed by atoms with Gasteiger partial charge in [-0.25, -0.2) is 4.98 Å². The number of nitrogens with zero attached hydrogens (tertiary/aromatic N) is 2. The molecule has 1 N–H and O–H groups in total. The molecule has 2 aromatic rings. The predicted octanol–water partition coefficient (Wildman–Crippen LogP) is 2.56. The Hall–Kier alpha value is -1.49. The number of aromatic nitrogens is 2. The highest BCUT2D eigenvalue weighted by Crippen LogP contribution is 2.30. The van der Waals surface area contributed by atoms with Crippen LogP contribution in [0.25, 0.3) is 11.4 Å². The molecule has 1 heterocycles. The van der Waals surface area contributed by atoms with Crippen molar-refractivity contribution < 1.29 is 9.84 Å². The second kappa shape index (κ2) is 4.17. The molecule has 0 fully saturated rings. The summed E-state index contributed by atoms with van der Waals surface area (Å²) in [4.78, 5) is 4.13. The maximum atomic E-state index is 9.44. The summed E-state index contributed by atoms with van der Waals surface area (Å²) in [6.07, 6.45) is 1.42. The zero-order valence-electron chi connectivity index (χ0n) is 8.94. The molecule has 2 rings (SSSR count). The van der Waals surface area contributed by atoms with Crippen LogP contribution < -0.4 is 4.74 Å². The first-order valence-electron chi connectivity index (χ1n) is 4.68. The van der Waals surface area contributed by atoms with E-state index in [1.54, 1.807) is 18.7 Å². The molecule has 0 unspecified atom stereocenters. The van der Waals surface area contributed by atoms with Crippen molar-refractivity contribution in [2.45, 2.75) is 0 Å². The Labute approximate surface area is 102 Å². The Morgan fingerprint density at radius 1 is 1.44 bits per heavy atom. The topological polar surface area (TPSA) is 47.3 Å². The van der Waals surface area contributed by atoms with Crippen LogP contribution >= 0.6 is 15.9 Å². The van der Waals surface area contributed by atoms with Crippen molar-refractivity contribution in [2.75, 3.05) is 7.11 Å². The molecule has 0 saturated carbocycles. The molecule has 0 spiro atoms. The first kappa shape index (κ1) is 11.0. The lowest BCUT2D eigenvalue weighted by atomic mass is 10.2. The third-order valence-electron chi connectivity index (χ3n) is 2.37. The number of rotatable bonds is 2. The third kappa shape index (κ3) is 1.78. The molecule has 84 valence electrons. The minimum atomic E-state index is 0.136. The van der Waals surface area contributed by atoms with Gasteiger partial charge in [0.25, 0.3) is 0 Å². The molecule has 1 aromatic carbocycles. The quantitative estimate of drug-likeness (QED) is 0.921. The van der Waals surface area contributed by atoms with E-state index in [4.69, 9.17) is 4.74 Å². The molecular weight excluding hydrogens is 272 g/mol. The van der Waals surface area contributed by atoms with Crippen LogP contribution in [-0.4, -0.2) is 21.8 Å². The molecule has 0 aliphatic heterocycles. The number of hydrogen-bond acceptors (Lipinski definition) is 3. The van der Waals surface area contributed by atoms with Crippen molar-refractivity contribution in [1.29, 1.82) is 0 Å². The summed E-state index contributed by atoms with van der Waals surface area (Å²) in [6, 6.07) is 5.67. The van der Waals surface area contributed by atoms with E-state index in [1.165, 1.54) is 6.20 Å². The van der Waals surface area contributed by atoms with Gasteiger partial charge in [-0.3, -0.25) is 4.57 Å². The second-order valence-electron chi connectivity index (χ2n) is 3.35. The minimum Gasteiger partial charge on any atom is -0.496 e. The van der Waals surface area contributed by atoms with E-state index in [0.717, 1.165) is 15.8 Å². The Kier molecular flexibility index (Phi) is 2.87. The average molecular weight is 283 g/mol. The fraction of sp³-hybridized carbons (Fsp3) is 0.182. The number of benzene rings is 1. The summed E-state index contributed by atoms with van der Waals surface area (Å²) >= 11 is 3.39. The summed E-state index contributed by atoms with van der Waals surface area (Å²) in [5.41, 5.74) is 0.892. The average Bonchev–Trinajstić information content (AvgIpc) is 2.61. The second-order valence-corrected chi connectivity index (χ2v) is 4.20. The predicted molar refractivity (Wildman–Crippen MR) is 64.6 cm³/mol. The molecule has 4 nitrogen and oxygen atoms in total. The Balaban J connectivity index is 2.52. The van der Waals surface area contributed by atoms with Crippen LogP contribution in [0.2, 0.25) is 0 Å². The third-order valence-corrected chi connectivity index (χ3v) is 3.03. The van der Waals surface area contributed by atoms with Crippen LogP contribution in [0.5, 0.6) is 11.6 Å². The highest BCUT2D eigenvalue weighted by Gasteiger charge is 2.09. The monoisotopic (exact) mass is 282 g/mol.